The molecule has 1 N–H and O–H groups in total. The molecule has 0 aromatic carbocycles. The minimum absolute atomic E-state index is 0.0920. The molecule has 31 heavy (non-hydrogen) atoms. The van der Waals surface area contributed by atoms with Gasteiger partial charge >= 0.3 is 35.8 Å². The lowest BCUT2D eigenvalue weighted by Gasteiger charge is -2.39. The van der Waals surface area contributed by atoms with Gasteiger partial charge in [-0.15, -0.1) is 0 Å². The predicted molar refractivity (Wildman–Crippen MR) is 77.3 cm³/mol. The molecule has 0 saturated heterocycles. The summed E-state index contributed by atoms with van der Waals surface area (Å²) >= 11 is 0. The Morgan fingerprint density at radius 1 is 0.742 bits per heavy atom. The van der Waals surface area contributed by atoms with Crippen LogP contribution >= 0.6 is 0 Å². The van der Waals surface area contributed by atoms with E-state index >= 15 is 0 Å². The summed E-state index contributed by atoms with van der Waals surface area (Å²) in [7, 11) is 0. The Morgan fingerprint density at radius 2 is 1.23 bits per heavy atom. The zero-order valence-corrected chi connectivity index (χ0v) is 15.5. The number of halogens is 13. The van der Waals surface area contributed by atoms with Gasteiger partial charge in [0.2, 0.25) is 0 Å². The van der Waals surface area contributed by atoms with E-state index < -0.39 is 53.7 Å². The van der Waals surface area contributed by atoms with Crippen LogP contribution in [0.25, 0.3) is 0 Å². The highest BCUT2D eigenvalue weighted by Gasteiger charge is 2.91. The number of fused-ring (bicyclic) bond motifs is 2. The van der Waals surface area contributed by atoms with E-state index in [1.54, 1.807) is 0 Å². The molecular formula is C16H16F13NO. The molecule has 2 rings (SSSR count). The van der Waals surface area contributed by atoms with Crippen molar-refractivity contribution in [2.75, 3.05) is 0 Å². The van der Waals surface area contributed by atoms with Gasteiger partial charge in [0.1, 0.15) is 0 Å². The van der Waals surface area contributed by atoms with Crippen molar-refractivity contribution in [1.29, 1.82) is 0 Å². The lowest BCUT2D eigenvalue weighted by molar-refractivity contribution is -0.436. The molecule has 0 aliphatic heterocycles. The highest BCUT2D eigenvalue weighted by Crippen LogP contribution is 2.60. The number of nitrogens with one attached hydrogen (secondary N) is 1. The van der Waals surface area contributed by atoms with E-state index in [1.807, 2.05) is 0 Å². The average molecular weight is 485 g/mol. The van der Waals surface area contributed by atoms with Crippen molar-refractivity contribution < 1.29 is 61.9 Å². The van der Waals surface area contributed by atoms with Crippen LogP contribution in [0.1, 0.15) is 32.6 Å². The minimum atomic E-state index is -8.01. The summed E-state index contributed by atoms with van der Waals surface area (Å²) in [4.78, 5) is 11.6. The van der Waals surface area contributed by atoms with Crippen molar-refractivity contribution in [1.82, 2.24) is 5.32 Å². The molecule has 1 amide bonds. The number of amides is 1. The number of hydrogen-bond donors (Lipinski definition) is 1. The standard InChI is InChI=1S/C16H16F13NO/c1-6(9-5-7-2-3-8(9)4-7)30-10(31)11(17,18)12(19,20)13(21,22)14(23,24)15(25,26)16(27,28)29/h6-9H,2-5H2,1H3,(H,30,31). The second-order valence-electron chi connectivity index (χ2n) is 7.97. The zero-order valence-electron chi connectivity index (χ0n) is 15.5. The number of alkyl halides is 13. The molecule has 2 aliphatic carbocycles. The van der Waals surface area contributed by atoms with E-state index in [4.69, 9.17) is 0 Å². The molecule has 4 atom stereocenters. The second-order valence-corrected chi connectivity index (χ2v) is 7.97. The van der Waals surface area contributed by atoms with E-state index in [0.717, 1.165) is 13.3 Å². The third-order valence-corrected chi connectivity index (χ3v) is 6.01. The molecule has 0 spiro atoms. The first-order valence-electron chi connectivity index (χ1n) is 8.89. The molecule has 2 bridgehead atoms. The molecule has 0 aromatic rings. The molecule has 0 radical (unpaired) electrons. The first-order chi connectivity index (χ1) is 13.6. The summed E-state index contributed by atoms with van der Waals surface area (Å²) in [6, 6.07) is -1.30. The Morgan fingerprint density at radius 3 is 1.61 bits per heavy atom. The fraction of sp³-hybridized carbons (Fsp3) is 0.938. The smallest absolute Gasteiger partial charge is 0.348 e. The molecule has 2 saturated carbocycles. The van der Waals surface area contributed by atoms with Crippen LogP contribution in [0.3, 0.4) is 0 Å². The molecule has 4 unspecified atom stereocenters. The van der Waals surface area contributed by atoms with Crippen molar-refractivity contribution in [2.45, 2.75) is 74.4 Å². The van der Waals surface area contributed by atoms with Gasteiger partial charge in [-0.3, -0.25) is 4.79 Å². The Kier molecular flexibility index (Phi) is 6.07. The van der Waals surface area contributed by atoms with Gasteiger partial charge in [-0.05, 0) is 43.9 Å². The van der Waals surface area contributed by atoms with Gasteiger partial charge in [-0.25, -0.2) is 0 Å². The molecule has 2 nitrogen and oxygen atoms in total. The number of carbonyl (C=O) groups excluding carboxylic acids is 1. The summed E-state index contributed by atoms with van der Waals surface area (Å²) < 4.78 is 170. The first kappa shape index (κ1) is 25.8. The summed E-state index contributed by atoms with van der Waals surface area (Å²) in [5.41, 5.74) is 0. The Labute approximate surface area is 166 Å². The Bertz CT molecular complexity index is 702. The lowest BCUT2D eigenvalue weighted by atomic mass is 9.83. The van der Waals surface area contributed by atoms with Crippen molar-refractivity contribution in [3.8, 4) is 0 Å². The van der Waals surface area contributed by atoms with Gasteiger partial charge in [0.05, 0.1) is 0 Å². The van der Waals surface area contributed by atoms with Gasteiger partial charge < -0.3 is 5.32 Å². The molecule has 2 aliphatic rings. The summed E-state index contributed by atoms with van der Waals surface area (Å²) in [6.45, 7) is 1.07. The van der Waals surface area contributed by atoms with E-state index in [-0.39, 0.29) is 11.8 Å². The zero-order chi connectivity index (χ0) is 24.4. The van der Waals surface area contributed by atoms with Gasteiger partial charge in [-0.1, -0.05) is 6.42 Å². The van der Waals surface area contributed by atoms with Crippen LogP contribution in [0, 0.1) is 17.8 Å². The molecular weight excluding hydrogens is 469 g/mol. The van der Waals surface area contributed by atoms with Gasteiger partial charge in [0.25, 0.3) is 5.91 Å². The van der Waals surface area contributed by atoms with Gasteiger partial charge in [-0.2, -0.15) is 57.1 Å². The summed E-state index contributed by atoms with van der Waals surface area (Å²) in [5.74, 6) is -41.8. The normalized spacial score (nSPS) is 26.8. The van der Waals surface area contributed by atoms with Crippen molar-refractivity contribution in [3.63, 3.8) is 0 Å². The van der Waals surface area contributed by atoms with Crippen molar-refractivity contribution in [2.24, 2.45) is 17.8 Å². The van der Waals surface area contributed by atoms with E-state index in [0.29, 0.717) is 19.3 Å². The maximum atomic E-state index is 13.8. The van der Waals surface area contributed by atoms with Crippen molar-refractivity contribution in [3.05, 3.63) is 0 Å². The van der Waals surface area contributed by atoms with Gasteiger partial charge in [0.15, 0.2) is 0 Å². The number of carbonyl (C=O) groups is 1. The fourth-order valence-electron chi connectivity index (χ4n) is 4.22. The fourth-order valence-corrected chi connectivity index (χ4v) is 4.22. The molecule has 15 heteroatoms. The monoisotopic (exact) mass is 485 g/mol. The van der Waals surface area contributed by atoms with E-state index in [1.165, 1.54) is 5.32 Å². The molecule has 0 aromatic heterocycles. The quantitative estimate of drug-likeness (QED) is 0.463. The maximum Gasteiger partial charge on any atom is 0.460 e. The topological polar surface area (TPSA) is 29.1 Å². The van der Waals surface area contributed by atoms with Crippen LogP contribution in [-0.4, -0.2) is 47.7 Å². The highest BCUT2D eigenvalue weighted by molar-refractivity contribution is 5.85. The van der Waals surface area contributed by atoms with E-state index in [9.17, 15) is 61.9 Å². The molecule has 182 valence electrons. The minimum Gasteiger partial charge on any atom is -0.348 e. The third kappa shape index (κ3) is 3.62. The lowest BCUT2D eigenvalue weighted by Crippen LogP contribution is -2.72. The van der Waals surface area contributed by atoms with Crippen LogP contribution in [0.15, 0.2) is 0 Å². The SMILES string of the molecule is CC(NC(=O)C(F)(F)C(F)(F)C(F)(F)C(F)(F)C(F)(F)C(F)(F)F)C1CC2CCC1C2. The number of rotatable bonds is 7. The first-order valence-corrected chi connectivity index (χ1v) is 8.89. The third-order valence-electron chi connectivity index (χ3n) is 6.01. The average Bonchev–Trinajstić information content (AvgIpc) is 3.23. The predicted octanol–water partition coefficient (Wildman–Crippen LogP) is 5.67. The van der Waals surface area contributed by atoms with E-state index in [2.05, 4.69) is 0 Å². The summed E-state index contributed by atoms with van der Waals surface area (Å²) in [6.07, 6.45) is -5.03. The van der Waals surface area contributed by atoms with Gasteiger partial charge in [0, 0.05) is 6.04 Å². The molecule has 2 fully saturated rings. The summed E-state index contributed by atoms with van der Waals surface area (Å²) in [5, 5.41) is 1.29. The van der Waals surface area contributed by atoms with Crippen molar-refractivity contribution >= 4 is 5.91 Å². The van der Waals surface area contributed by atoms with Crippen LogP contribution in [0.5, 0.6) is 0 Å². The van der Waals surface area contributed by atoms with Crippen LogP contribution in [0.4, 0.5) is 57.1 Å². The Hall–Kier alpha value is -1.44. The Balaban J connectivity index is 2.29. The maximum absolute atomic E-state index is 13.8. The molecule has 0 heterocycles. The van der Waals surface area contributed by atoms with Crippen LogP contribution < -0.4 is 5.32 Å². The van der Waals surface area contributed by atoms with Crippen LogP contribution in [-0.2, 0) is 4.79 Å². The second kappa shape index (κ2) is 7.29. The number of hydrogen-bond acceptors (Lipinski definition) is 1. The highest BCUT2D eigenvalue weighted by atomic mass is 19.4. The van der Waals surface area contributed by atoms with Crippen LogP contribution in [0.2, 0.25) is 0 Å². The largest absolute Gasteiger partial charge is 0.460 e.